The van der Waals surface area contributed by atoms with Gasteiger partial charge in [0.05, 0.1) is 14.6 Å². The Kier molecular flexibility index (Phi) is 5.89. The summed E-state index contributed by atoms with van der Waals surface area (Å²) in [6, 6.07) is 1.67. The molecule has 0 aliphatic heterocycles. The van der Waals surface area contributed by atoms with Crippen LogP contribution < -0.4 is 5.32 Å². The lowest BCUT2D eigenvalue weighted by Gasteiger charge is -2.30. The minimum Gasteiger partial charge on any atom is -0.369 e. The van der Waals surface area contributed by atoms with Gasteiger partial charge in [-0.05, 0) is 54.3 Å². The number of alkyl halides is 3. The Balaban J connectivity index is 1.82. The number of ether oxygens (including phenoxy) is 1. The number of hydrogen-bond acceptors (Lipinski definition) is 3. The maximum Gasteiger partial charge on any atom is 0.411 e. The third-order valence-electron chi connectivity index (χ3n) is 3.27. The number of nitrogens with one attached hydrogen (secondary N) is 1. The molecule has 0 spiro atoms. The highest BCUT2D eigenvalue weighted by atomic mass is 127. The standard InChI is InChI=1S/C13H15F3INO2S/c14-13(15,16)7-20-10-3-1-2-9(5-10)18-12(19)8-4-11(17)21-6-8/h4,6,9-10H,1-3,5,7H2,(H,18,19). The molecule has 3 nitrogen and oxygen atoms in total. The second kappa shape index (κ2) is 7.28. The number of amides is 1. The third-order valence-corrected chi connectivity index (χ3v) is 5.06. The molecule has 1 amide bonds. The van der Waals surface area contributed by atoms with Crippen LogP contribution in [-0.4, -0.2) is 30.8 Å². The van der Waals surface area contributed by atoms with E-state index >= 15 is 0 Å². The van der Waals surface area contributed by atoms with E-state index in [2.05, 4.69) is 27.9 Å². The number of rotatable bonds is 4. The Bertz CT molecular complexity index is 492. The van der Waals surface area contributed by atoms with E-state index in [1.54, 1.807) is 11.4 Å². The van der Waals surface area contributed by atoms with Gasteiger partial charge in [0.1, 0.15) is 6.61 Å². The van der Waals surface area contributed by atoms with Gasteiger partial charge < -0.3 is 10.1 Å². The summed E-state index contributed by atoms with van der Waals surface area (Å²) < 4.78 is 42.4. The van der Waals surface area contributed by atoms with Crippen LogP contribution in [0.5, 0.6) is 0 Å². The van der Waals surface area contributed by atoms with Crippen LogP contribution in [0, 0.1) is 2.88 Å². The van der Waals surface area contributed by atoms with Crippen LogP contribution >= 0.6 is 33.9 Å². The molecule has 1 fully saturated rings. The molecule has 8 heteroatoms. The minimum absolute atomic E-state index is 0.123. The van der Waals surface area contributed by atoms with Crippen LogP contribution in [0.25, 0.3) is 0 Å². The van der Waals surface area contributed by atoms with Crippen molar-refractivity contribution >= 4 is 39.8 Å². The lowest BCUT2D eigenvalue weighted by Crippen LogP contribution is -2.41. The first kappa shape index (κ1) is 17.0. The molecule has 21 heavy (non-hydrogen) atoms. The molecule has 2 atom stereocenters. The van der Waals surface area contributed by atoms with Gasteiger partial charge in [-0.1, -0.05) is 0 Å². The molecule has 0 saturated heterocycles. The second-order valence-electron chi connectivity index (χ2n) is 5.02. The molecule has 2 rings (SSSR count). The van der Waals surface area contributed by atoms with Gasteiger partial charge in [0.2, 0.25) is 0 Å². The zero-order chi connectivity index (χ0) is 15.5. The zero-order valence-electron chi connectivity index (χ0n) is 11.1. The summed E-state index contributed by atoms with van der Waals surface area (Å²) in [6.07, 6.45) is -2.16. The molecule has 2 unspecified atom stereocenters. The van der Waals surface area contributed by atoms with Gasteiger partial charge in [0, 0.05) is 11.4 Å². The predicted octanol–water partition coefficient (Wildman–Crippen LogP) is 3.97. The topological polar surface area (TPSA) is 38.3 Å². The fraction of sp³-hybridized carbons (Fsp3) is 0.615. The Morgan fingerprint density at radius 1 is 1.48 bits per heavy atom. The highest BCUT2D eigenvalue weighted by Crippen LogP contribution is 2.25. The summed E-state index contributed by atoms with van der Waals surface area (Å²) in [5, 5.41) is 4.65. The van der Waals surface area contributed by atoms with E-state index in [1.165, 1.54) is 11.3 Å². The summed E-state index contributed by atoms with van der Waals surface area (Å²) >= 11 is 3.62. The molecule has 1 aliphatic carbocycles. The SMILES string of the molecule is O=C(NC1CCCC(OCC(F)(F)F)C1)c1csc(I)c1. The summed E-state index contributed by atoms with van der Waals surface area (Å²) in [6.45, 7) is -1.22. The zero-order valence-corrected chi connectivity index (χ0v) is 14.1. The van der Waals surface area contributed by atoms with Crippen molar-refractivity contribution in [1.82, 2.24) is 5.32 Å². The van der Waals surface area contributed by atoms with Crippen molar-refractivity contribution in [2.45, 2.75) is 44.0 Å². The number of carbonyl (C=O) groups excluding carboxylic acids is 1. The lowest BCUT2D eigenvalue weighted by molar-refractivity contribution is -0.188. The Hall–Kier alpha value is -0.350. The lowest BCUT2D eigenvalue weighted by atomic mass is 9.92. The van der Waals surface area contributed by atoms with Crippen molar-refractivity contribution in [3.63, 3.8) is 0 Å². The van der Waals surface area contributed by atoms with E-state index < -0.39 is 18.9 Å². The van der Waals surface area contributed by atoms with E-state index in [-0.39, 0.29) is 11.9 Å². The van der Waals surface area contributed by atoms with Crippen molar-refractivity contribution in [3.8, 4) is 0 Å². The average molecular weight is 433 g/mol. The second-order valence-corrected chi connectivity index (χ2v) is 7.83. The molecule has 0 aromatic carbocycles. The Morgan fingerprint density at radius 3 is 2.86 bits per heavy atom. The van der Waals surface area contributed by atoms with E-state index in [1.807, 2.05) is 0 Å². The van der Waals surface area contributed by atoms with Crippen molar-refractivity contribution < 1.29 is 22.7 Å². The molecule has 0 bridgehead atoms. The van der Waals surface area contributed by atoms with Crippen molar-refractivity contribution in [3.05, 3.63) is 19.9 Å². The number of carbonyl (C=O) groups is 1. The smallest absolute Gasteiger partial charge is 0.369 e. The molecule has 1 N–H and O–H groups in total. The molecule has 1 aliphatic rings. The van der Waals surface area contributed by atoms with Crippen molar-refractivity contribution in [1.29, 1.82) is 0 Å². The van der Waals surface area contributed by atoms with Gasteiger partial charge >= 0.3 is 6.18 Å². The summed E-state index contributed by atoms with van der Waals surface area (Å²) in [4.78, 5) is 12.0. The highest BCUT2D eigenvalue weighted by molar-refractivity contribution is 14.1. The highest BCUT2D eigenvalue weighted by Gasteiger charge is 2.31. The monoisotopic (exact) mass is 433 g/mol. The number of halogens is 4. The first-order chi connectivity index (χ1) is 9.83. The van der Waals surface area contributed by atoms with Gasteiger partial charge in [0.15, 0.2) is 0 Å². The summed E-state index contributed by atoms with van der Waals surface area (Å²) in [5.41, 5.74) is 0.600. The van der Waals surface area contributed by atoms with Gasteiger partial charge in [0.25, 0.3) is 5.91 Å². The quantitative estimate of drug-likeness (QED) is 0.730. The first-order valence-corrected chi connectivity index (χ1v) is 8.52. The van der Waals surface area contributed by atoms with Crippen LogP contribution in [0.3, 0.4) is 0 Å². The molecule has 1 aromatic heterocycles. The van der Waals surface area contributed by atoms with Crippen LogP contribution in [0.4, 0.5) is 13.2 Å². The largest absolute Gasteiger partial charge is 0.411 e. The summed E-state index contributed by atoms with van der Waals surface area (Å²) in [5.74, 6) is -0.171. The van der Waals surface area contributed by atoms with E-state index in [4.69, 9.17) is 4.74 Å². The fourth-order valence-electron chi connectivity index (χ4n) is 2.34. The minimum atomic E-state index is -4.30. The first-order valence-electron chi connectivity index (χ1n) is 6.57. The molecule has 118 valence electrons. The molecule has 0 radical (unpaired) electrons. The summed E-state index contributed by atoms with van der Waals surface area (Å²) in [7, 11) is 0. The molecular weight excluding hydrogens is 418 g/mol. The van der Waals surface area contributed by atoms with E-state index in [0.29, 0.717) is 18.4 Å². The van der Waals surface area contributed by atoms with Crippen LogP contribution in [0.2, 0.25) is 0 Å². The molecule has 1 saturated carbocycles. The van der Waals surface area contributed by atoms with Gasteiger partial charge in [-0.3, -0.25) is 4.79 Å². The van der Waals surface area contributed by atoms with Crippen LogP contribution in [0.15, 0.2) is 11.4 Å². The average Bonchev–Trinajstić information content (AvgIpc) is 2.83. The van der Waals surface area contributed by atoms with Crippen LogP contribution in [-0.2, 0) is 4.74 Å². The maximum absolute atomic E-state index is 12.1. The van der Waals surface area contributed by atoms with Crippen molar-refractivity contribution in [2.75, 3.05) is 6.61 Å². The van der Waals surface area contributed by atoms with E-state index in [0.717, 1.165) is 15.7 Å². The van der Waals surface area contributed by atoms with Gasteiger partial charge in [-0.2, -0.15) is 13.2 Å². The molecular formula is C13H15F3INO2S. The Labute approximate surface area is 138 Å². The van der Waals surface area contributed by atoms with E-state index in [9.17, 15) is 18.0 Å². The molecule has 1 aromatic rings. The van der Waals surface area contributed by atoms with Crippen molar-refractivity contribution in [2.24, 2.45) is 0 Å². The Morgan fingerprint density at radius 2 is 2.24 bits per heavy atom. The van der Waals surface area contributed by atoms with Crippen LogP contribution in [0.1, 0.15) is 36.0 Å². The number of thiophene rings is 1. The normalized spacial score (nSPS) is 23.0. The number of hydrogen-bond donors (Lipinski definition) is 1. The van der Waals surface area contributed by atoms with Gasteiger partial charge in [-0.15, -0.1) is 11.3 Å². The predicted molar refractivity (Wildman–Crippen MR) is 82.6 cm³/mol. The maximum atomic E-state index is 12.1. The molecule has 1 heterocycles. The third kappa shape index (κ3) is 5.74. The van der Waals surface area contributed by atoms with Gasteiger partial charge in [-0.25, -0.2) is 0 Å². The fourth-order valence-corrected chi connectivity index (χ4v) is 3.66.